The molecule has 4 aromatic carbocycles. The van der Waals surface area contributed by atoms with E-state index in [0.717, 1.165) is 15.6 Å². The number of nitriles is 1. The largest absolute Gasteiger partial charge is 0.489 e. The van der Waals surface area contributed by atoms with Gasteiger partial charge in [-0.15, -0.1) is 0 Å². The van der Waals surface area contributed by atoms with Crippen LogP contribution in [0.4, 0.5) is 11.4 Å². The molecule has 9 heteroatoms. The smallest absolute Gasteiger partial charge is 0.269 e. The van der Waals surface area contributed by atoms with Crippen molar-refractivity contribution >= 4 is 39.3 Å². The van der Waals surface area contributed by atoms with Gasteiger partial charge in [0, 0.05) is 27.9 Å². The molecule has 194 valence electrons. The van der Waals surface area contributed by atoms with Crippen LogP contribution < -0.4 is 14.8 Å². The quantitative estimate of drug-likeness (QED) is 0.0924. The number of anilines is 1. The van der Waals surface area contributed by atoms with Crippen molar-refractivity contribution in [1.82, 2.24) is 0 Å². The number of carbonyl (C=O) groups is 1. The van der Waals surface area contributed by atoms with Crippen LogP contribution in [0.1, 0.15) is 16.7 Å². The molecular formula is C30H22BrN3O5. The van der Waals surface area contributed by atoms with Crippen molar-refractivity contribution in [1.29, 1.82) is 5.26 Å². The second-order valence-electron chi connectivity index (χ2n) is 8.31. The number of nitro benzene ring substituents is 1. The van der Waals surface area contributed by atoms with Gasteiger partial charge in [-0.1, -0.05) is 46.3 Å². The minimum absolute atomic E-state index is 0.00496. The molecule has 1 amide bonds. The van der Waals surface area contributed by atoms with E-state index in [9.17, 15) is 20.2 Å². The van der Waals surface area contributed by atoms with E-state index in [1.165, 1.54) is 18.2 Å². The summed E-state index contributed by atoms with van der Waals surface area (Å²) in [5.41, 5.74) is 2.72. The predicted octanol–water partition coefficient (Wildman–Crippen LogP) is 7.06. The molecule has 0 aromatic heterocycles. The Labute approximate surface area is 233 Å². The number of halogens is 1. The maximum absolute atomic E-state index is 12.8. The Balaban J connectivity index is 1.38. The summed E-state index contributed by atoms with van der Waals surface area (Å²) in [7, 11) is 0. The molecule has 0 atom stereocenters. The van der Waals surface area contributed by atoms with Crippen molar-refractivity contribution < 1.29 is 19.2 Å². The van der Waals surface area contributed by atoms with Crippen molar-refractivity contribution in [3.8, 4) is 17.6 Å². The Morgan fingerprint density at radius 2 is 1.51 bits per heavy atom. The molecule has 0 unspecified atom stereocenters. The summed E-state index contributed by atoms with van der Waals surface area (Å²) in [6.07, 6.45) is 1.45. The zero-order chi connectivity index (χ0) is 27.6. The highest BCUT2D eigenvalue weighted by Gasteiger charge is 2.12. The highest BCUT2D eigenvalue weighted by atomic mass is 79.9. The number of hydrogen-bond acceptors (Lipinski definition) is 6. The van der Waals surface area contributed by atoms with Gasteiger partial charge in [0.2, 0.25) is 0 Å². The molecule has 4 aromatic rings. The molecule has 0 radical (unpaired) electrons. The molecule has 0 heterocycles. The maximum Gasteiger partial charge on any atom is 0.269 e. The van der Waals surface area contributed by atoms with Gasteiger partial charge in [0.15, 0.2) is 0 Å². The molecule has 39 heavy (non-hydrogen) atoms. The number of nitrogens with zero attached hydrogens (tertiary/aromatic N) is 2. The Morgan fingerprint density at radius 3 is 2.15 bits per heavy atom. The zero-order valence-corrected chi connectivity index (χ0v) is 22.1. The Kier molecular flexibility index (Phi) is 9.06. The van der Waals surface area contributed by atoms with Crippen molar-refractivity contribution in [3.63, 3.8) is 0 Å². The van der Waals surface area contributed by atoms with Gasteiger partial charge in [-0.3, -0.25) is 14.9 Å². The second kappa shape index (κ2) is 13.0. The van der Waals surface area contributed by atoms with Gasteiger partial charge < -0.3 is 14.8 Å². The lowest BCUT2D eigenvalue weighted by Gasteiger charge is -2.10. The van der Waals surface area contributed by atoms with Crippen LogP contribution in [0.25, 0.3) is 6.08 Å². The molecule has 0 fully saturated rings. The maximum atomic E-state index is 12.8. The van der Waals surface area contributed by atoms with Gasteiger partial charge >= 0.3 is 0 Å². The number of nitro groups is 1. The van der Waals surface area contributed by atoms with Crippen LogP contribution in [-0.4, -0.2) is 10.8 Å². The van der Waals surface area contributed by atoms with E-state index in [2.05, 4.69) is 21.2 Å². The summed E-state index contributed by atoms with van der Waals surface area (Å²) in [5.74, 6) is 0.543. The second-order valence-corrected chi connectivity index (χ2v) is 9.23. The van der Waals surface area contributed by atoms with E-state index in [0.29, 0.717) is 29.4 Å². The van der Waals surface area contributed by atoms with Crippen LogP contribution in [0.5, 0.6) is 11.5 Å². The molecule has 0 saturated heterocycles. The van der Waals surface area contributed by atoms with E-state index in [1.807, 2.05) is 30.3 Å². The van der Waals surface area contributed by atoms with Crippen molar-refractivity contribution in [2.24, 2.45) is 0 Å². The molecule has 0 aliphatic carbocycles. The average molecular weight is 584 g/mol. The number of ether oxygens (including phenoxy) is 2. The summed E-state index contributed by atoms with van der Waals surface area (Å²) in [4.78, 5) is 23.2. The highest BCUT2D eigenvalue weighted by Crippen LogP contribution is 2.24. The normalized spacial score (nSPS) is 10.8. The summed E-state index contributed by atoms with van der Waals surface area (Å²) < 4.78 is 12.7. The average Bonchev–Trinajstić information content (AvgIpc) is 2.96. The fourth-order valence-corrected chi connectivity index (χ4v) is 3.75. The third kappa shape index (κ3) is 7.77. The number of nitrogens with one attached hydrogen (secondary N) is 1. The number of non-ortho nitro benzene ring substituents is 1. The third-order valence-corrected chi connectivity index (χ3v) is 6.09. The predicted molar refractivity (Wildman–Crippen MR) is 151 cm³/mol. The molecule has 4 rings (SSSR count). The molecule has 0 aliphatic heterocycles. The minimum Gasteiger partial charge on any atom is -0.489 e. The molecule has 0 saturated carbocycles. The first-order valence-electron chi connectivity index (χ1n) is 11.8. The van der Waals surface area contributed by atoms with E-state index in [-0.39, 0.29) is 17.9 Å². The topological polar surface area (TPSA) is 114 Å². The number of para-hydroxylation sites is 1. The lowest BCUT2D eigenvalue weighted by Crippen LogP contribution is -2.13. The number of benzene rings is 4. The minimum atomic E-state index is -0.564. The van der Waals surface area contributed by atoms with Crippen molar-refractivity contribution in [3.05, 3.63) is 134 Å². The summed E-state index contributed by atoms with van der Waals surface area (Å²) >= 11 is 3.40. The van der Waals surface area contributed by atoms with Gasteiger partial charge in [-0.25, -0.2) is 0 Å². The highest BCUT2D eigenvalue weighted by molar-refractivity contribution is 9.10. The first-order chi connectivity index (χ1) is 18.9. The van der Waals surface area contributed by atoms with Crippen LogP contribution >= 0.6 is 15.9 Å². The Hall–Kier alpha value is -4.94. The van der Waals surface area contributed by atoms with E-state index >= 15 is 0 Å². The van der Waals surface area contributed by atoms with Crippen LogP contribution in [0.2, 0.25) is 0 Å². The van der Waals surface area contributed by atoms with Crippen LogP contribution in [0, 0.1) is 21.4 Å². The summed E-state index contributed by atoms with van der Waals surface area (Å²) in [6, 6.07) is 29.7. The van der Waals surface area contributed by atoms with Gasteiger partial charge in [0.1, 0.15) is 36.4 Å². The van der Waals surface area contributed by atoms with E-state index in [1.54, 1.807) is 60.7 Å². The van der Waals surface area contributed by atoms with Gasteiger partial charge in [0.25, 0.3) is 11.6 Å². The standard InChI is InChI=1S/C30H22BrN3O5/c31-25-9-5-21(6-10-25)19-38-28-15-11-26(12-16-28)33-30(35)24(18-32)17-23-3-1-2-4-29(23)39-20-22-7-13-27(14-8-22)34(36)37/h1-17H,19-20H2,(H,33,35)/b24-17+. The van der Waals surface area contributed by atoms with Crippen molar-refractivity contribution in [2.45, 2.75) is 13.2 Å². The monoisotopic (exact) mass is 583 g/mol. The molecule has 1 N–H and O–H groups in total. The van der Waals surface area contributed by atoms with Gasteiger partial charge in [-0.2, -0.15) is 5.26 Å². The number of rotatable bonds is 10. The Morgan fingerprint density at radius 1 is 0.897 bits per heavy atom. The van der Waals surface area contributed by atoms with Crippen molar-refractivity contribution in [2.75, 3.05) is 5.32 Å². The third-order valence-electron chi connectivity index (χ3n) is 5.56. The summed E-state index contributed by atoms with van der Waals surface area (Å²) in [5, 5.41) is 23.2. The van der Waals surface area contributed by atoms with Crippen LogP contribution in [-0.2, 0) is 18.0 Å². The van der Waals surface area contributed by atoms with E-state index in [4.69, 9.17) is 9.47 Å². The first-order valence-corrected chi connectivity index (χ1v) is 12.6. The van der Waals surface area contributed by atoms with Gasteiger partial charge in [-0.05, 0) is 71.8 Å². The SMILES string of the molecule is N#C/C(=C\c1ccccc1OCc1ccc([N+](=O)[O-])cc1)C(=O)Nc1ccc(OCc2ccc(Br)cc2)cc1. The fraction of sp³-hybridized carbons (Fsp3) is 0.0667. The molecule has 0 aliphatic rings. The van der Waals surface area contributed by atoms with Crippen LogP contribution in [0.15, 0.2) is 107 Å². The molecular weight excluding hydrogens is 562 g/mol. The zero-order valence-electron chi connectivity index (χ0n) is 20.5. The Bertz CT molecular complexity index is 1530. The lowest BCUT2D eigenvalue weighted by atomic mass is 10.1. The summed E-state index contributed by atoms with van der Waals surface area (Å²) in [6.45, 7) is 0.569. The molecule has 8 nitrogen and oxygen atoms in total. The van der Waals surface area contributed by atoms with E-state index < -0.39 is 10.8 Å². The number of amides is 1. The molecule has 0 bridgehead atoms. The first kappa shape index (κ1) is 27.1. The number of hydrogen-bond donors (Lipinski definition) is 1. The fourth-order valence-electron chi connectivity index (χ4n) is 3.49. The lowest BCUT2D eigenvalue weighted by molar-refractivity contribution is -0.384. The number of carbonyl (C=O) groups excluding carboxylic acids is 1. The molecule has 0 spiro atoms. The van der Waals surface area contributed by atoms with Gasteiger partial charge in [0.05, 0.1) is 4.92 Å². The van der Waals surface area contributed by atoms with Crippen LogP contribution in [0.3, 0.4) is 0 Å².